The predicted octanol–water partition coefficient (Wildman–Crippen LogP) is 2.69. The number of carbonyl (C=O) groups is 1. The van der Waals surface area contributed by atoms with Crippen molar-refractivity contribution in [2.24, 2.45) is 0 Å². The van der Waals surface area contributed by atoms with Gasteiger partial charge in [-0.3, -0.25) is 0 Å². The van der Waals surface area contributed by atoms with E-state index in [0.717, 1.165) is 58.7 Å². The van der Waals surface area contributed by atoms with Gasteiger partial charge in [0.25, 0.3) is 7.41 Å². The Bertz CT molecular complexity index is 1110. The second kappa shape index (κ2) is 6.94. The molecule has 2 aromatic carbocycles. The molecule has 30 heavy (non-hydrogen) atoms. The highest BCUT2D eigenvalue weighted by Crippen LogP contribution is 2.37. The molecule has 8 heteroatoms. The second-order valence-corrected chi connectivity index (χ2v) is 9.47. The maximum Gasteiger partial charge on any atom is 0.494 e. The number of aromatic amines is 1. The Balaban J connectivity index is 1.51. The third-order valence-corrected chi connectivity index (χ3v) is 7.03. The number of hydrogen-bond acceptors (Lipinski definition) is 5. The van der Waals surface area contributed by atoms with Gasteiger partial charge in [-0.15, -0.1) is 0 Å². The van der Waals surface area contributed by atoms with Crippen molar-refractivity contribution in [3.05, 3.63) is 36.2 Å². The molecule has 0 amide bonds. The lowest BCUT2D eigenvalue weighted by atomic mass is 9.78. The molecule has 0 saturated carbocycles. The van der Waals surface area contributed by atoms with Crippen LogP contribution in [0.2, 0.25) is 0 Å². The van der Waals surface area contributed by atoms with Crippen molar-refractivity contribution in [2.45, 2.75) is 57.8 Å². The number of H-pyrrole nitrogens is 1. The van der Waals surface area contributed by atoms with E-state index in [1.807, 2.05) is 0 Å². The summed E-state index contributed by atoms with van der Waals surface area (Å²) < 4.78 is 12.4. The van der Waals surface area contributed by atoms with Crippen molar-refractivity contribution >= 4 is 48.0 Å². The van der Waals surface area contributed by atoms with E-state index in [0.29, 0.717) is 7.41 Å². The number of hydrogen-bond donors (Lipinski definition) is 1. The van der Waals surface area contributed by atoms with Gasteiger partial charge in [0.15, 0.2) is 0 Å². The summed E-state index contributed by atoms with van der Waals surface area (Å²) in [5.41, 5.74) is 2.31. The van der Waals surface area contributed by atoms with Crippen LogP contribution in [0.25, 0.3) is 21.8 Å². The monoisotopic (exact) mass is 403 g/mol. The van der Waals surface area contributed by atoms with Crippen molar-refractivity contribution in [3.8, 4) is 0 Å². The number of aromatic nitrogens is 2. The highest BCUT2D eigenvalue weighted by atomic mass is 16.7. The van der Waals surface area contributed by atoms with Crippen molar-refractivity contribution in [3.63, 3.8) is 0 Å². The minimum atomic E-state index is -0.372. The van der Waals surface area contributed by atoms with Gasteiger partial charge >= 0.3 is 7.12 Å². The van der Waals surface area contributed by atoms with Gasteiger partial charge in [0.1, 0.15) is 5.82 Å². The summed E-state index contributed by atoms with van der Waals surface area (Å²) in [5.74, 6) is 0.951. The summed E-state index contributed by atoms with van der Waals surface area (Å²) in [6, 6.07) is 10.7. The van der Waals surface area contributed by atoms with Crippen LogP contribution in [0, 0.1) is 0 Å². The fraction of sp³-hybridized carbons (Fsp3) is 0.455. The molecule has 1 aromatic heterocycles. The largest absolute Gasteiger partial charge is 0.494 e. The van der Waals surface area contributed by atoms with Crippen LogP contribution in [0.4, 0.5) is 0 Å². The standard InChI is InChI=1S/C22H27B2N3O3/c1-21(2)22(3,4)30-24(29-21)15-8-9-16-14(12-15)7-10-17-19(16)26-20(25-17)18-6-5-11-27(18)23-13-28/h7-10,12-13,18,23H,5-6,11H2,1-4H3,(H,25,26)/t18-/m0/s1. The number of rotatable bonds is 4. The van der Waals surface area contributed by atoms with Gasteiger partial charge in [0.05, 0.1) is 34.5 Å². The summed E-state index contributed by atoms with van der Waals surface area (Å²) >= 11 is 0. The first-order chi connectivity index (χ1) is 14.3. The number of nitrogens with zero attached hydrogens (tertiary/aromatic N) is 2. The predicted molar refractivity (Wildman–Crippen MR) is 122 cm³/mol. The van der Waals surface area contributed by atoms with Crippen molar-refractivity contribution in [2.75, 3.05) is 6.54 Å². The van der Waals surface area contributed by atoms with E-state index in [9.17, 15) is 4.79 Å². The molecule has 2 aliphatic heterocycles. The van der Waals surface area contributed by atoms with Gasteiger partial charge in [-0.1, -0.05) is 24.3 Å². The Labute approximate surface area is 177 Å². The summed E-state index contributed by atoms with van der Waals surface area (Å²) in [7, 11) is 0.0858. The van der Waals surface area contributed by atoms with Gasteiger partial charge in [0.2, 0.25) is 0 Å². The number of nitrogens with one attached hydrogen (secondary N) is 1. The number of benzene rings is 2. The van der Waals surface area contributed by atoms with Crippen molar-refractivity contribution < 1.29 is 14.1 Å². The van der Waals surface area contributed by atoms with E-state index in [1.165, 1.54) is 0 Å². The van der Waals surface area contributed by atoms with E-state index in [-0.39, 0.29) is 24.4 Å². The Morgan fingerprint density at radius 3 is 2.70 bits per heavy atom. The van der Waals surface area contributed by atoms with Crippen LogP contribution in [-0.2, 0) is 14.1 Å². The Hall–Kier alpha value is -2.15. The average Bonchev–Trinajstić information content (AvgIpc) is 3.37. The highest BCUT2D eigenvalue weighted by molar-refractivity contribution is 6.64. The van der Waals surface area contributed by atoms with E-state index in [4.69, 9.17) is 14.3 Å². The average molecular weight is 403 g/mol. The molecule has 2 aliphatic rings. The fourth-order valence-corrected chi connectivity index (χ4v) is 4.58. The van der Waals surface area contributed by atoms with E-state index in [2.05, 4.69) is 67.8 Å². The minimum Gasteiger partial charge on any atom is -0.399 e. The van der Waals surface area contributed by atoms with Crippen LogP contribution in [0.3, 0.4) is 0 Å². The molecule has 6 nitrogen and oxygen atoms in total. The number of imidazole rings is 1. The van der Waals surface area contributed by atoms with Crippen LogP contribution < -0.4 is 5.46 Å². The molecular formula is C22H27B2N3O3. The van der Waals surface area contributed by atoms with Gasteiger partial charge in [0, 0.05) is 5.39 Å². The quantitative estimate of drug-likeness (QED) is 0.536. The molecule has 5 rings (SSSR count). The molecule has 2 saturated heterocycles. The molecule has 0 unspecified atom stereocenters. The lowest BCUT2D eigenvalue weighted by molar-refractivity contribution is 0.00578. The molecule has 0 aliphatic carbocycles. The number of carbonyl (C=O) groups excluding carboxylic acids is 1. The van der Waals surface area contributed by atoms with Crippen molar-refractivity contribution in [1.29, 1.82) is 0 Å². The normalized spacial score (nSPS) is 23.5. The number of fused-ring (bicyclic) bond motifs is 3. The molecule has 1 N–H and O–H groups in total. The first-order valence-corrected chi connectivity index (χ1v) is 10.7. The highest BCUT2D eigenvalue weighted by Gasteiger charge is 2.51. The summed E-state index contributed by atoms with van der Waals surface area (Å²) in [4.78, 5) is 21.6. The minimum absolute atomic E-state index is 0.182. The molecule has 1 atom stereocenters. The maximum absolute atomic E-state index is 11.0. The molecule has 0 radical (unpaired) electrons. The van der Waals surface area contributed by atoms with Gasteiger partial charge in [-0.2, -0.15) is 0 Å². The Morgan fingerprint density at radius 1 is 1.20 bits per heavy atom. The maximum atomic E-state index is 11.0. The summed E-state index contributed by atoms with van der Waals surface area (Å²) in [6.45, 7) is 9.22. The van der Waals surface area contributed by atoms with Gasteiger partial charge < -0.3 is 23.9 Å². The topological polar surface area (TPSA) is 67.5 Å². The van der Waals surface area contributed by atoms with Crippen LogP contribution in [0.15, 0.2) is 30.3 Å². The molecule has 2 fully saturated rings. The fourth-order valence-electron chi connectivity index (χ4n) is 4.58. The zero-order valence-electron chi connectivity index (χ0n) is 18.1. The lowest BCUT2D eigenvalue weighted by Gasteiger charge is -2.32. The summed E-state index contributed by atoms with van der Waals surface area (Å²) in [5, 5.41) is 2.26. The smallest absolute Gasteiger partial charge is 0.399 e. The molecule has 0 spiro atoms. The van der Waals surface area contributed by atoms with Crippen LogP contribution in [0.1, 0.15) is 52.4 Å². The molecule has 154 valence electrons. The van der Waals surface area contributed by atoms with E-state index < -0.39 is 0 Å². The lowest BCUT2D eigenvalue weighted by Crippen LogP contribution is -2.41. The van der Waals surface area contributed by atoms with Crippen molar-refractivity contribution in [1.82, 2.24) is 14.8 Å². The first kappa shape index (κ1) is 19.8. The molecule has 3 heterocycles. The van der Waals surface area contributed by atoms with Gasteiger partial charge in [-0.25, -0.2) is 4.98 Å². The summed E-state index contributed by atoms with van der Waals surface area (Å²) in [6.07, 6.45) is 3.10. The van der Waals surface area contributed by atoms with E-state index >= 15 is 0 Å². The molecule has 3 aromatic rings. The Kier molecular flexibility index (Phi) is 4.58. The molecule has 0 bridgehead atoms. The second-order valence-electron chi connectivity index (χ2n) is 9.47. The SMILES string of the molecule is CC1(C)OB(c2ccc3c(ccc4nc([C@@H]5CCCN5BC=O)[nH]c43)c2)OC1(C)C. The zero-order valence-corrected chi connectivity index (χ0v) is 18.1. The Morgan fingerprint density at radius 2 is 1.97 bits per heavy atom. The third-order valence-electron chi connectivity index (χ3n) is 7.03. The zero-order chi connectivity index (χ0) is 21.1. The van der Waals surface area contributed by atoms with Crippen LogP contribution >= 0.6 is 0 Å². The third kappa shape index (κ3) is 3.09. The van der Waals surface area contributed by atoms with E-state index in [1.54, 1.807) is 0 Å². The van der Waals surface area contributed by atoms with Crippen LogP contribution in [-0.4, -0.2) is 53.2 Å². The van der Waals surface area contributed by atoms with Gasteiger partial charge in [-0.05, 0) is 64.0 Å². The first-order valence-electron chi connectivity index (χ1n) is 10.7. The molecular weight excluding hydrogens is 376 g/mol. The van der Waals surface area contributed by atoms with Crippen LogP contribution in [0.5, 0.6) is 0 Å².